The molecular weight excluding hydrogens is 280 g/mol. The molecule has 1 fully saturated rings. The Morgan fingerprint density at radius 1 is 1.14 bits per heavy atom. The first kappa shape index (κ1) is 14.6. The van der Waals surface area contributed by atoms with E-state index in [-0.39, 0.29) is 6.10 Å². The average Bonchev–Trinajstić information content (AvgIpc) is 3.07. The van der Waals surface area contributed by atoms with Crippen LogP contribution in [0.3, 0.4) is 0 Å². The van der Waals surface area contributed by atoms with Crippen molar-refractivity contribution >= 4 is 6.29 Å². The molecule has 114 valence electrons. The van der Waals surface area contributed by atoms with Gasteiger partial charge in [-0.2, -0.15) is 0 Å². The monoisotopic (exact) mass is 298 g/mol. The molecule has 1 aliphatic rings. The smallest absolute Gasteiger partial charge is 0.162 e. The lowest BCUT2D eigenvalue weighted by atomic mass is 10.2. The lowest BCUT2D eigenvalue weighted by Crippen LogP contribution is -2.16. The van der Waals surface area contributed by atoms with Crippen molar-refractivity contribution in [2.75, 3.05) is 13.2 Å². The van der Waals surface area contributed by atoms with E-state index in [0.717, 1.165) is 18.3 Å². The van der Waals surface area contributed by atoms with Gasteiger partial charge in [0.25, 0.3) is 0 Å². The van der Waals surface area contributed by atoms with Gasteiger partial charge in [0.15, 0.2) is 11.5 Å². The zero-order chi connectivity index (χ0) is 15.2. The second-order valence-corrected chi connectivity index (χ2v) is 5.20. The molecule has 0 bridgehead atoms. The molecule has 0 aromatic heterocycles. The minimum Gasteiger partial charge on any atom is -0.485 e. The average molecular weight is 298 g/mol. The van der Waals surface area contributed by atoms with Crippen molar-refractivity contribution in [1.29, 1.82) is 0 Å². The number of carbonyl (C=O) groups is 1. The van der Waals surface area contributed by atoms with Crippen molar-refractivity contribution in [1.82, 2.24) is 0 Å². The Morgan fingerprint density at radius 3 is 2.73 bits per heavy atom. The van der Waals surface area contributed by atoms with Crippen molar-refractivity contribution in [2.24, 2.45) is 0 Å². The molecule has 4 nitrogen and oxygen atoms in total. The summed E-state index contributed by atoms with van der Waals surface area (Å²) in [7, 11) is 0. The van der Waals surface area contributed by atoms with Gasteiger partial charge in [0.05, 0.1) is 13.2 Å². The van der Waals surface area contributed by atoms with E-state index in [4.69, 9.17) is 14.2 Å². The predicted molar refractivity (Wildman–Crippen MR) is 82.5 cm³/mol. The maximum atomic E-state index is 11.0. The van der Waals surface area contributed by atoms with Gasteiger partial charge in [0.1, 0.15) is 19.0 Å². The molecule has 0 N–H and O–H groups in total. The summed E-state index contributed by atoms with van der Waals surface area (Å²) in [6.45, 7) is 1.74. The topological polar surface area (TPSA) is 44.8 Å². The minimum atomic E-state index is 0.0148. The molecule has 1 saturated heterocycles. The van der Waals surface area contributed by atoms with Gasteiger partial charge in [0, 0.05) is 12.0 Å². The summed E-state index contributed by atoms with van der Waals surface area (Å²) in [5.74, 6) is 1.23. The Kier molecular flexibility index (Phi) is 4.71. The molecule has 0 spiro atoms. The van der Waals surface area contributed by atoms with Crippen LogP contribution in [-0.4, -0.2) is 25.6 Å². The summed E-state index contributed by atoms with van der Waals surface area (Å²) >= 11 is 0. The van der Waals surface area contributed by atoms with E-state index in [1.54, 1.807) is 18.2 Å². The molecule has 0 aliphatic carbocycles. The molecule has 22 heavy (non-hydrogen) atoms. The van der Waals surface area contributed by atoms with Crippen LogP contribution in [0.4, 0.5) is 0 Å². The Labute approximate surface area is 129 Å². The number of ether oxygens (including phenoxy) is 3. The molecule has 0 saturated carbocycles. The van der Waals surface area contributed by atoms with E-state index in [9.17, 15) is 4.79 Å². The van der Waals surface area contributed by atoms with Crippen molar-refractivity contribution in [2.45, 2.75) is 19.1 Å². The highest BCUT2D eigenvalue weighted by Crippen LogP contribution is 2.31. The van der Waals surface area contributed by atoms with Crippen LogP contribution in [0.2, 0.25) is 0 Å². The first-order valence-electron chi connectivity index (χ1n) is 7.35. The Hall–Kier alpha value is -2.33. The maximum absolute atomic E-state index is 11.0. The van der Waals surface area contributed by atoms with Crippen LogP contribution >= 0.6 is 0 Å². The molecule has 2 aromatic carbocycles. The van der Waals surface area contributed by atoms with Gasteiger partial charge in [-0.25, -0.2) is 0 Å². The SMILES string of the molecule is O=Cc1ccc(OCc2ccccc2)c(OC2CCOC2)c1. The first-order chi connectivity index (χ1) is 10.8. The number of rotatable bonds is 6. The van der Waals surface area contributed by atoms with Crippen LogP contribution in [0.1, 0.15) is 22.3 Å². The van der Waals surface area contributed by atoms with E-state index >= 15 is 0 Å². The van der Waals surface area contributed by atoms with E-state index in [0.29, 0.717) is 36.9 Å². The molecule has 1 unspecified atom stereocenters. The Bertz CT molecular complexity index is 618. The van der Waals surface area contributed by atoms with Crippen LogP contribution < -0.4 is 9.47 Å². The van der Waals surface area contributed by atoms with Gasteiger partial charge in [0.2, 0.25) is 0 Å². The fourth-order valence-electron chi connectivity index (χ4n) is 2.33. The van der Waals surface area contributed by atoms with Crippen LogP contribution in [0.5, 0.6) is 11.5 Å². The van der Waals surface area contributed by atoms with Crippen LogP contribution in [0.15, 0.2) is 48.5 Å². The van der Waals surface area contributed by atoms with E-state index in [1.165, 1.54) is 0 Å². The second kappa shape index (κ2) is 7.09. The number of carbonyl (C=O) groups excluding carboxylic acids is 1. The lowest BCUT2D eigenvalue weighted by Gasteiger charge is -2.16. The highest BCUT2D eigenvalue weighted by molar-refractivity contribution is 5.76. The summed E-state index contributed by atoms with van der Waals surface area (Å²) in [6, 6.07) is 15.1. The maximum Gasteiger partial charge on any atom is 0.162 e. The summed E-state index contributed by atoms with van der Waals surface area (Å²) < 4.78 is 17.1. The summed E-state index contributed by atoms with van der Waals surface area (Å²) in [6.07, 6.45) is 1.67. The molecule has 0 radical (unpaired) electrons. The number of hydrogen-bond donors (Lipinski definition) is 0. The molecule has 0 amide bonds. The quantitative estimate of drug-likeness (QED) is 0.768. The van der Waals surface area contributed by atoms with E-state index in [1.807, 2.05) is 30.3 Å². The fourth-order valence-corrected chi connectivity index (χ4v) is 2.33. The third-order valence-corrected chi connectivity index (χ3v) is 3.52. The molecule has 1 atom stereocenters. The molecule has 2 aromatic rings. The van der Waals surface area contributed by atoms with Gasteiger partial charge in [-0.05, 0) is 23.8 Å². The number of hydrogen-bond acceptors (Lipinski definition) is 4. The lowest BCUT2D eigenvalue weighted by molar-refractivity contribution is 0.112. The zero-order valence-corrected chi connectivity index (χ0v) is 12.2. The Balaban J connectivity index is 1.74. The van der Waals surface area contributed by atoms with Crippen molar-refractivity contribution < 1.29 is 19.0 Å². The van der Waals surface area contributed by atoms with Crippen molar-refractivity contribution in [3.8, 4) is 11.5 Å². The van der Waals surface area contributed by atoms with Crippen molar-refractivity contribution in [3.63, 3.8) is 0 Å². The Morgan fingerprint density at radius 2 is 2.00 bits per heavy atom. The largest absolute Gasteiger partial charge is 0.485 e. The molecule has 3 rings (SSSR count). The van der Waals surface area contributed by atoms with Gasteiger partial charge in [-0.3, -0.25) is 4.79 Å². The standard InChI is InChI=1S/C18H18O4/c19-11-15-6-7-17(21-12-14-4-2-1-3-5-14)18(10-15)22-16-8-9-20-13-16/h1-7,10-11,16H,8-9,12-13H2. The summed E-state index contributed by atoms with van der Waals surface area (Å²) in [5.41, 5.74) is 1.65. The van der Waals surface area contributed by atoms with Gasteiger partial charge in [-0.1, -0.05) is 30.3 Å². The molecule has 1 aliphatic heterocycles. The van der Waals surface area contributed by atoms with Gasteiger partial charge >= 0.3 is 0 Å². The van der Waals surface area contributed by atoms with Crippen LogP contribution in [0.25, 0.3) is 0 Å². The summed E-state index contributed by atoms with van der Waals surface area (Å²) in [5, 5.41) is 0. The molecule has 1 heterocycles. The highest BCUT2D eigenvalue weighted by Gasteiger charge is 2.19. The van der Waals surface area contributed by atoms with Crippen LogP contribution in [-0.2, 0) is 11.3 Å². The summed E-state index contributed by atoms with van der Waals surface area (Å²) in [4.78, 5) is 11.0. The first-order valence-corrected chi connectivity index (χ1v) is 7.35. The third-order valence-electron chi connectivity index (χ3n) is 3.52. The highest BCUT2D eigenvalue weighted by atomic mass is 16.6. The van der Waals surface area contributed by atoms with Crippen LogP contribution in [0, 0.1) is 0 Å². The fraction of sp³-hybridized carbons (Fsp3) is 0.278. The second-order valence-electron chi connectivity index (χ2n) is 5.20. The third kappa shape index (κ3) is 3.65. The number of benzene rings is 2. The number of aldehydes is 1. The predicted octanol–water partition coefficient (Wildman–Crippen LogP) is 3.25. The van der Waals surface area contributed by atoms with Gasteiger partial charge < -0.3 is 14.2 Å². The molecular formula is C18H18O4. The zero-order valence-electron chi connectivity index (χ0n) is 12.2. The van der Waals surface area contributed by atoms with Gasteiger partial charge in [-0.15, -0.1) is 0 Å². The van der Waals surface area contributed by atoms with E-state index in [2.05, 4.69) is 0 Å². The van der Waals surface area contributed by atoms with Crippen molar-refractivity contribution in [3.05, 3.63) is 59.7 Å². The normalized spacial score (nSPS) is 17.2. The minimum absolute atomic E-state index is 0.0148. The van der Waals surface area contributed by atoms with E-state index < -0.39 is 0 Å². The molecule has 4 heteroatoms.